The van der Waals surface area contributed by atoms with E-state index in [4.69, 9.17) is 0 Å². The van der Waals surface area contributed by atoms with Gasteiger partial charge in [0, 0.05) is 32.1 Å². The summed E-state index contributed by atoms with van der Waals surface area (Å²) in [5.74, 6) is 0.0672. The number of aryl methyl sites for hydroxylation is 1. The quantitative estimate of drug-likeness (QED) is 0.781. The molecule has 0 unspecified atom stereocenters. The van der Waals surface area contributed by atoms with Gasteiger partial charge in [0.15, 0.2) is 0 Å². The van der Waals surface area contributed by atoms with E-state index >= 15 is 0 Å². The first-order chi connectivity index (χ1) is 12.9. The molecule has 1 aromatic carbocycles. The van der Waals surface area contributed by atoms with Gasteiger partial charge in [-0.3, -0.25) is 9.69 Å². The molecule has 1 amide bonds. The van der Waals surface area contributed by atoms with Gasteiger partial charge in [-0.05, 0) is 53.3 Å². The first-order valence-corrected chi connectivity index (χ1v) is 10.0. The summed E-state index contributed by atoms with van der Waals surface area (Å²) < 4.78 is 38.5. The number of carbonyl (C=O) groups is 1. The SMILES string of the molecule is O=C(CCc1ccsc1)NC1CCN(Cc2cccc(C(F)(F)F)c2)CC1. The third-order valence-electron chi connectivity index (χ3n) is 4.83. The van der Waals surface area contributed by atoms with E-state index in [-0.39, 0.29) is 11.9 Å². The van der Waals surface area contributed by atoms with Crippen molar-refractivity contribution in [1.82, 2.24) is 10.2 Å². The van der Waals surface area contributed by atoms with E-state index in [0.717, 1.165) is 38.4 Å². The van der Waals surface area contributed by atoms with Gasteiger partial charge < -0.3 is 5.32 Å². The van der Waals surface area contributed by atoms with E-state index in [1.807, 2.05) is 11.4 Å². The number of likely N-dealkylation sites (tertiary alicyclic amines) is 1. The Morgan fingerprint density at radius 3 is 2.63 bits per heavy atom. The van der Waals surface area contributed by atoms with Gasteiger partial charge in [0.1, 0.15) is 0 Å². The average Bonchev–Trinajstić information content (AvgIpc) is 3.15. The minimum Gasteiger partial charge on any atom is -0.353 e. The second kappa shape index (κ2) is 8.89. The van der Waals surface area contributed by atoms with Crippen molar-refractivity contribution < 1.29 is 18.0 Å². The Balaban J connectivity index is 1.42. The van der Waals surface area contributed by atoms with Crippen LogP contribution in [0.2, 0.25) is 0 Å². The first kappa shape index (κ1) is 19.9. The van der Waals surface area contributed by atoms with Crippen LogP contribution >= 0.6 is 11.3 Å². The molecule has 1 saturated heterocycles. The minimum absolute atomic E-state index is 0.0672. The fourth-order valence-corrected chi connectivity index (χ4v) is 4.04. The van der Waals surface area contributed by atoms with E-state index in [9.17, 15) is 18.0 Å². The number of alkyl halides is 3. The van der Waals surface area contributed by atoms with Gasteiger partial charge in [0.05, 0.1) is 5.56 Å². The van der Waals surface area contributed by atoms with Crippen molar-refractivity contribution in [2.75, 3.05) is 13.1 Å². The predicted octanol–water partition coefficient (Wildman–Crippen LogP) is 4.48. The van der Waals surface area contributed by atoms with Crippen LogP contribution in [-0.4, -0.2) is 29.9 Å². The van der Waals surface area contributed by atoms with Gasteiger partial charge in [-0.15, -0.1) is 0 Å². The summed E-state index contributed by atoms with van der Waals surface area (Å²) in [4.78, 5) is 14.2. The fourth-order valence-electron chi connectivity index (χ4n) is 3.33. The number of carbonyl (C=O) groups excluding carboxylic acids is 1. The number of benzene rings is 1. The van der Waals surface area contributed by atoms with Crippen LogP contribution in [0.5, 0.6) is 0 Å². The van der Waals surface area contributed by atoms with Gasteiger partial charge in [-0.25, -0.2) is 0 Å². The second-order valence-electron chi connectivity index (χ2n) is 6.95. The maximum absolute atomic E-state index is 12.8. The van der Waals surface area contributed by atoms with Crippen LogP contribution < -0.4 is 5.32 Å². The summed E-state index contributed by atoms with van der Waals surface area (Å²) in [6.07, 6.45) is -1.42. The lowest BCUT2D eigenvalue weighted by molar-refractivity contribution is -0.137. The zero-order valence-corrected chi connectivity index (χ0v) is 15.8. The highest BCUT2D eigenvalue weighted by Crippen LogP contribution is 2.30. The van der Waals surface area contributed by atoms with Crippen molar-refractivity contribution in [3.8, 4) is 0 Å². The van der Waals surface area contributed by atoms with Crippen molar-refractivity contribution in [3.05, 3.63) is 57.8 Å². The molecular formula is C20H23F3N2OS. The summed E-state index contributed by atoms with van der Waals surface area (Å²) in [6.45, 7) is 2.04. The number of halogens is 3. The smallest absolute Gasteiger partial charge is 0.353 e. The molecule has 0 atom stereocenters. The lowest BCUT2D eigenvalue weighted by Gasteiger charge is -2.32. The molecule has 0 spiro atoms. The number of amides is 1. The molecule has 2 heterocycles. The molecule has 1 aliphatic rings. The molecule has 0 saturated carbocycles. The molecule has 1 aliphatic heterocycles. The molecule has 3 nitrogen and oxygen atoms in total. The van der Waals surface area contributed by atoms with Crippen molar-refractivity contribution in [1.29, 1.82) is 0 Å². The van der Waals surface area contributed by atoms with E-state index in [1.165, 1.54) is 17.7 Å². The van der Waals surface area contributed by atoms with Crippen LogP contribution in [0.3, 0.4) is 0 Å². The topological polar surface area (TPSA) is 32.3 Å². The lowest BCUT2D eigenvalue weighted by Crippen LogP contribution is -2.44. The van der Waals surface area contributed by atoms with Crippen molar-refractivity contribution in [2.45, 2.75) is 44.4 Å². The van der Waals surface area contributed by atoms with Crippen molar-refractivity contribution in [2.24, 2.45) is 0 Å². The van der Waals surface area contributed by atoms with E-state index in [2.05, 4.69) is 15.6 Å². The lowest BCUT2D eigenvalue weighted by atomic mass is 10.0. The van der Waals surface area contributed by atoms with Gasteiger partial charge in [-0.2, -0.15) is 24.5 Å². The molecule has 0 bridgehead atoms. The Kier molecular flexibility index (Phi) is 6.55. The Morgan fingerprint density at radius 1 is 1.19 bits per heavy atom. The van der Waals surface area contributed by atoms with Gasteiger partial charge in [0.25, 0.3) is 0 Å². The van der Waals surface area contributed by atoms with Crippen LogP contribution in [-0.2, 0) is 23.9 Å². The van der Waals surface area contributed by atoms with Gasteiger partial charge >= 0.3 is 6.18 Å². The van der Waals surface area contributed by atoms with Crippen LogP contribution in [0, 0.1) is 0 Å². The third kappa shape index (κ3) is 6.07. The largest absolute Gasteiger partial charge is 0.416 e. The maximum Gasteiger partial charge on any atom is 0.416 e. The highest BCUT2D eigenvalue weighted by atomic mass is 32.1. The number of hydrogen-bond acceptors (Lipinski definition) is 3. The molecule has 146 valence electrons. The normalized spacial score (nSPS) is 16.4. The Labute approximate surface area is 161 Å². The van der Waals surface area contributed by atoms with Crippen LogP contribution in [0.15, 0.2) is 41.1 Å². The zero-order chi connectivity index (χ0) is 19.3. The zero-order valence-electron chi connectivity index (χ0n) is 15.0. The Morgan fingerprint density at radius 2 is 1.96 bits per heavy atom. The van der Waals surface area contributed by atoms with E-state index in [0.29, 0.717) is 18.5 Å². The summed E-state index contributed by atoms with van der Waals surface area (Å²) in [7, 11) is 0. The van der Waals surface area contributed by atoms with Crippen LogP contribution in [0.4, 0.5) is 13.2 Å². The van der Waals surface area contributed by atoms with E-state index < -0.39 is 11.7 Å². The number of nitrogens with one attached hydrogen (secondary N) is 1. The van der Waals surface area contributed by atoms with Crippen molar-refractivity contribution >= 4 is 17.2 Å². The van der Waals surface area contributed by atoms with Gasteiger partial charge in [0.2, 0.25) is 5.91 Å². The first-order valence-electron chi connectivity index (χ1n) is 9.09. The summed E-state index contributed by atoms with van der Waals surface area (Å²) in [5, 5.41) is 7.15. The number of thiophene rings is 1. The number of rotatable bonds is 6. The number of hydrogen-bond donors (Lipinski definition) is 1. The monoisotopic (exact) mass is 396 g/mol. The fraction of sp³-hybridized carbons (Fsp3) is 0.450. The van der Waals surface area contributed by atoms with E-state index in [1.54, 1.807) is 17.4 Å². The molecule has 0 radical (unpaired) electrons. The number of nitrogens with zero attached hydrogens (tertiary/aromatic N) is 1. The minimum atomic E-state index is -4.31. The summed E-state index contributed by atoms with van der Waals surface area (Å²) in [5.41, 5.74) is 1.25. The highest BCUT2D eigenvalue weighted by Gasteiger charge is 2.30. The standard InChI is InChI=1S/C20H23F3N2OS/c21-20(22,23)17-3-1-2-16(12-17)13-25-9-6-18(7-10-25)24-19(26)5-4-15-8-11-27-14-15/h1-3,8,11-12,14,18H,4-7,9-10,13H2,(H,24,26). The molecular weight excluding hydrogens is 373 g/mol. The highest BCUT2D eigenvalue weighted by molar-refractivity contribution is 7.07. The molecule has 1 N–H and O–H groups in total. The molecule has 2 aromatic rings. The Hall–Kier alpha value is -1.86. The second-order valence-corrected chi connectivity index (χ2v) is 7.73. The van der Waals surface area contributed by atoms with Crippen LogP contribution in [0.1, 0.15) is 36.0 Å². The molecule has 0 aliphatic carbocycles. The third-order valence-corrected chi connectivity index (χ3v) is 5.57. The van der Waals surface area contributed by atoms with Crippen molar-refractivity contribution in [3.63, 3.8) is 0 Å². The average molecular weight is 396 g/mol. The summed E-state index contributed by atoms with van der Waals surface area (Å²) in [6, 6.07) is 7.69. The van der Waals surface area contributed by atoms with Gasteiger partial charge in [-0.1, -0.05) is 18.2 Å². The summed E-state index contributed by atoms with van der Waals surface area (Å²) >= 11 is 1.63. The molecule has 27 heavy (non-hydrogen) atoms. The molecule has 1 aromatic heterocycles. The maximum atomic E-state index is 12.8. The number of piperidine rings is 1. The Bertz CT molecular complexity index is 738. The molecule has 7 heteroatoms. The molecule has 1 fully saturated rings. The van der Waals surface area contributed by atoms with Crippen LogP contribution in [0.25, 0.3) is 0 Å². The molecule has 3 rings (SSSR count). The predicted molar refractivity (Wildman–Crippen MR) is 101 cm³/mol.